The molecule has 0 aliphatic heterocycles. The van der Waals surface area contributed by atoms with Gasteiger partial charge in [0.2, 0.25) is 5.91 Å². The number of nitrogens with zero attached hydrogens (tertiary/aromatic N) is 2. The van der Waals surface area contributed by atoms with Gasteiger partial charge >= 0.3 is 5.97 Å². The number of aromatic nitrogens is 2. The van der Waals surface area contributed by atoms with Gasteiger partial charge in [-0.3, -0.25) is 4.79 Å². The third-order valence-electron chi connectivity index (χ3n) is 5.43. The van der Waals surface area contributed by atoms with E-state index in [1.54, 1.807) is 22.5 Å². The van der Waals surface area contributed by atoms with Crippen molar-refractivity contribution in [2.24, 2.45) is 0 Å². The zero-order valence-electron chi connectivity index (χ0n) is 18.7. The smallest absolute Gasteiger partial charge is 0.326 e. The maximum atomic E-state index is 12.5. The van der Waals surface area contributed by atoms with Crippen molar-refractivity contribution < 1.29 is 14.7 Å². The van der Waals surface area contributed by atoms with Gasteiger partial charge in [0.1, 0.15) is 6.04 Å². The van der Waals surface area contributed by atoms with Crippen LogP contribution in [-0.2, 0) is 9.59 Å². The van der Waals surface area contributed by atoms with Crippen LogP contribution in [-0.4, -0.2) is 44.8 Å². The van der Waals surface area contributed by atoms with Crippen LogP contribution in [0.4, 0.5) is 0 Å². The lowest BCUT2D eigenvalue weighted by atomic mass is 10.0. The van der Waals surface area contributed by atoms with Gasteiger partial charge in [0.25, 0.3) is 0 Å². The largest absolute Gasteiger partial charge is 0.480 e. The van der Waals surface area contributed by atoms with E-state index in [9.17, 15) is 14.7 Å². The third-order valence-corrected chi connectivity index (χ3v) is 6.07. The van der Waals surface area contributed by atoms with Crippen molar-refractivity contribution in [3.05, 3.63) is 90.6 Å². The molecule has 1 atom stereocenters. The highest BCUT2D eigenvalue weighted by Crippen LogP contribution is 2.28. The van der Waals surface area contributed by atoms with Gasteiger partial charge in [-0.2, -0.15) is 16.9 Å². The molecule has 2 N–H and O–H groups in total. The average Bonchev–Trinajstić information content (AvgIpc) is 3.29. The fraction of sp³-hybridized carbons (Fsp3) is 0.148. The molecule has 4 rings (SSSR count). The van der Waals surface area contributed by atoms with Crippen molar-refractivity contribution >= 4 is 40.5 Å². The SMILES string of the molecule is CSCC[C@H](NC(=O)/C=C/c1cn(-c2ccccc2)nc1-c1ccc2ccccc2c1)C(=O)O. The molecular formula is C27H25N3O3S. The third kappa shape index (κ3) is 5.55. The summed E-state index contributed by atoms with van der Waals surface area (Å²) in [6, 6.07) is 23.1. The van der Waals surface area contributed by atoms with Crippen molar-refractivity contribution in [1.82, 2.24) is 15.1 Å². The van der Waals surface area contributed by atoms with Crippen LogP contribution < -0.4 is 5.32 Å². The summed E-state index contributed by atoms with van der Waals surface area (Å²) in [6.07, 6.45) is 7.18. The fourth-order valence-corrected chi connectivity index (χ4v) is 4.13. The van der Waals surface area contributed by atoms with Crippen molar-refractivity contribution in [3.8, 4) is 16.9 Å². The van der Waals surface area contributed by atoms with E-state index >= 15 is 0 Å². The quantitative estimate of drug-likeness (QED) is 0.335. The van der Waals surface area contributed by atoms with E-state index < -0.39 is 17.9 Å². The number of rotatable bonds is 9. The molecule has 4 aromatic rings. The number of thioether (sulfide) groups is 1. The number of fused-ring (bicyclic) bond motifs is 1. The van der Waals surface area contributed by atoms with E-state index in [2.05, 4.69) is 29.6 Å². The van der Waals surface area contributed by atoms with Crippen LogP contribution in [0, 0.1) is 0 Å². The zero-order valence-corrected chi connectivity index (χ0v) is 19.5. The van der Waals surface area contributed by atoms with Crippen LogP contribution in [0.15, 0.2) is 85.1 Å². The van der Waals surface area contributed by atoms with Gasteiger partial charge in [-0.1, -0.05) is 54.6 Å². The van der Waals surface area contributed by atoms with Gasteiger partial charge in [-0.25, -0.2) is 9.48 Å². The van der Waals surface area contributed by atoms with E-state index in [4.69, 9.17) is 5.10 Å². The first-order valence-corrected chi connectivity index (χ1v) is 12.3. The first kappa shape index (κ1) is 23.3. The highest BCUT2D eigenvalue weighted by atomic mass is 32.2. The number of carbonyl (C=O) groups is 2. The van der Waals surface area contributed by atoms with Gasteiger partial charge in [0, 0.05) is 23.4 Å². The molecule has 0 unspecified atom stereocenters. The molecule has 0 saturated heterocycles. The van der Waals surface area contributed by atoms with Crippen molar-refractivity contribution in [2.45, 2.75) is 12.5 Å². The number of hydrogen-bond acceptors (Lipinski definition) is 4. The second-order valence-corrected chi connectivity index (χ2v) is 8.77. The second-order valence-electron chi connectivity index (χ2n) is 7.79. The summed E-state index contributed by atoms with van der Waals surface area (Å²) in [6.45, 7) is 0. The Bertz CT molecular complexity index is 1330. The molecule has 1 heterocycles. The molecule has 0 aliphatic carbocycles. The Morgan fingerprint density at radius 1 is 1.06 bits per heavy atom. The zero-order chi connectivity index (χ0) is 23.9. The highest BCUT2D eigenvalue weighted by molar-refractivity contribution is 7.98. The average molecular weight is 472 g/mol. The highest BCUT2D eigenvalue weighted by Gasteiger charge is 2.18. The molecule has 1 amide bonds. The summed E-state index contributed by atoms with van der Waals surface area (Å²) in [4.78, 5) is 24.0. The van der Waals surface area contributed by atoms with Crippen LogP contribution in [0.5, 0.6) is 0 Å². The van der Waals surface area contributed by atoms with Gasteiger partial charge < -0.3 is 10.4 Å². The van der Waals surface area contributed by atoms with E-state index in [-0.39, 0.29) is 0 Å². The number of benzene rings is 3. The maximum absolute atomic E-state index is 12.5. The number of amides is 1. The standard InChI is InChI=1S/C27H25N3O3S/c1-34-16-15-24(27(32)33)28-25(31)14-13-22-18-30(23-9-3-2-4-10-23)29-26(22)21-12-11-19-7-5-6-8-20(19)17-21/h2-14,17-18,24H,15-16H2,1H3,(H,28,31)(H,32,33)/b14-13+/t24-/m0/s1. The molecule has 0 radical (unpaired) electrons. The molecule has 7 heteroatoms. The van der Waals surface area contributed by atoms with Crippen LogP contribution in [0.25, 0.3) is 33.8 Å². The number of carbonyl (C=O) groups excluding carboxylic acids is 1. The minimum Gasteiger partial charge on any atom is -0.480 e. The summed E-state index contributed by atoms with van der Waals surface area (Å²) < 4.78 is 1.78. The van der Waals surface area contributed by atoms with Gasteiger partial charge in [0.05, 0.1) is 11.4 Å². The summed E-state index contributed by atoms with van der Waals surface area (Å²) in [5.74, 6) is -0.841. The Labute approximate surface area is 202 Å². The first-order chi connectivity index (χ1) is 16.5. The number of carboxylic acids is 1. The molecule has 0 saturated carbocycles. The Hall–Kier alpha value is -3.84. The molecule has 0 spiro atoms. The molecule has 0 aliphatic rings. The van der Waals surface area contributed by atoms with Crippen molar-refractivity contribution in [3.63, 3.8) is 0 Å². The minimum atomic E-state index is -1.04. The predicted molar refractivity (Wildman–Crippen MR) is 138 cm³/mol. The molecule has 0 bridgehead atoms. The van der Waals surface area contributed by atoms with Crippen molar-refractivity contribution in [1.29, 1.82) is 0 Å². The number of nitrogens with one attached hydrogen (secondary N) is 1. The van der Waals surface area contributed by atoms with Gasteiger partial charge in [-0.15, -0.1) is 0 Å². The Morgan fingerprint density at radius 2 is 1.79 bits per heavy atom. The molecule has 3 aromatic carbocycles. The predicted octanol–water partition coefficient (Wildman–Crippen LogP) is 5.03. The van der Waals surface area contributed by atoms with Crippen molar-refractivity contribution in [2.75, 3.05) is 12.0 Å². The van der Waals surface area contributed by atoms with Crippen LogP contribution in [0.1, 0.15) is 12.0 Å². The first-order valence-electron chi connectivity index (χ1n) is 10.9. The lowest BCUT2D eigenvalue weighted by Gasteiger charge is -2.12. The number of carboxylic acid groups (broad SMARTS) is 1. The van der Waals surface area contributed by atoms with E-state index in [0.717, 1.165) is 33.3 Å². The van der Waals surface area contributed by atoms with Gasteiger partial charge in [-0.05, 0) is 53.5 Å². The van der Waals surface area contributed by atoms with E-state index in [0.29, 0.717) is 12.2 Å². The van der Waals surface area contributed by atoms with Crippen LogP contribution in [0.2, 0.25) is 0 Å². The maximum Gasteiger partial charge on any atom is 0.326 e. The van der Waals surface area contributed by atoms with Crippen LogP contribution >= 0.6 is 11.8 Å². The number of aliphatic carboxylic acids is 1. The monoisotopic (exact) mass is 471 g/mol. The van der Waals surface area contributed by atoms with E-state index in [1.165, 1.54) is 6.08 Å². The lowest BCUT2D eigenvalue weighted by Crippen LogP contribution is -2.40. The molecule has 172 valence electrons. The topological polar surface area (TPSA) is 84.2 Å². The number of hydrogen-bond donors (Lipinski definition) is 2. The summed E-state index contributed by atoms with van der Waals surface area (Å²) in [5, 5.41) is 19.0. The molecule has 34 heavy (non-hydrogen) atoms. The summed E-state index contributed by atoms with van der Waals surface area (Å²) in [5.41, 5.74) is 3.31. The van der Waals surface area contributed by atoms with Gasteiger partial charge in [0.15, 0.2) is 0 Å². The van der Waals surface area contributed by atoms with E-state index in [1.807, 2.05) is 61.0 Å². The molecule has 6 nitrogen and oxygen atoms in total. The molecular weight excluding hydrogens is 446 g/mol. The Kier molecular flexibility index (Phi) is 7.44. The summed E-state index contributed by atoms with van der Waals surface area (Å²) >= 11 is 1.54. The fourth-order valence-electron chi connectivity index (χ4n) is 3.66. The minimum absolute atomic E-state index is 0.365. The summed E-state index contributed by atoms with van der Waals surface area (Å²) in [7, 11) is 0. The molecule has 1 aromatic heterocycles. The van der Waals surface area contributed by atoms with Crippen LogP contribution in [0.3, 0.4) is 0 Å². The second kappa shape index (κ2) is 10.9. The Morgan fingerprint density at radius 3 is 2.53 bits per heavy atom. The molecule has 0 fully saturated rings. The number of para-hydroxylation sites is 1. The lowest BCUT2D eigenvalue weighted by molar-refractivity contribution is -0.141. The normalized spacial score (nSPS) is 12.1. The Balaban J connectivity index is 1.67.